The molecule has 5 nitrogen and oxygen atoms in total. The van der Waals surface area contributed by atoms with Gasteiger partial charge in [-0.1, -0.05) is 48.5 Å². The van der Waals surface area contributed by atoms with Crippen molar-refractivity contribution in [2.75, 3.05) is 32.7 Å². The van der Waals surface area contributed by atoms with Crippen LogP contribution in [0.25, 0.3) is 10.8 Å². The lowest BCUT2D eigenvalue weighted by Crippen LogP contribution is -2.50. The van der Waals surface area contributed by atoms with E-state index < -0.39 is 0 Å². The van der Waals surface area contributed by atoms with Gasteiger partial charge in [-0.2, -0.15) is 0 Å². The number of carbonyl (C=O) groups excluding carboxylic acids is 1. The van der Waals surface area contributed by atoms with E-state index in [2.05, 4.69) is 70.3 Å². The van der Waals surface area contributed by atoms with Crippen LogP contribution in [-0.4, -0.2) is 53.4 Å². The molecule has 2 heterocycles. The van der Waals surface area contributed by atoms with Crippen molar-refractivity contribution in [1.82, 2.24) is 20.1 Å². The van der Waals surface area contributed by atoms with E-state index in [1.54, 1.807) is 0 Å². The second-order valence-corrected chi connectivity index (χ2v) is 8.13. The van der Waals surface area contributed by atoms with Gasteiger partial charge in [0.05, 0.1) is 12.6 Å². The van der Waals surface area contributed by atoms with Crippen LogP contribution in [-0.2, 0) is 4.79 Å². The van der Waals surface area contributed by atoms with Crippen molar-refractivity contribution in [3.63, 3.8) is 0 Å². The molecule has 0 spiro atoms. The molecule has 4 rings (SSSR count). The van der Waals surface area contributed by atoms with E-state index in [0.717, 1.165) is 31.7 Å². The summed E-state index contributed by atoms with van der Waals surface area (Å²) in [6, 6.07) is 19.0. The summed E-state index contributed by atoms with van der Waals surface area (Å²) in [5, 5.41) is 5.60. The summed E-state index contributed by atoms with van der Waals surface area (Å²) >= 11 is 0. The molecule has 0 saturated carbocycles. The first-order chi connectivity index (χ1) is 14.6. The molecule has 2 atom stereocenters. The normalized spacial score (nSPS) is 17.5. The van der Waals surface area contributed by atoms with Crippen LogP contribution in [0.2, 0.25) is 0 Å². The van der Waals surface area contributed by atoms with Gasteiger partial charge in [-0.3, -0.25) is 19.6 Å². The van der Waals surface area contributed by atoms with E-state index in [-0.39, 0.29) is 11.9 Å². The average molecular weight is 403 g/mol. The fourth-order valence-corrected chi connectivity index (χ4v) is 4.34. The number of benzene rings is 2. The summed E-state index contributed by atoms with van der Waals surface area (Å²) in [4.78, 5) is 21.6. The third kappa shape index (κ3) is 4.69. The number of pyridine rings is 1. The molecule has 2 unspecified atom stereocenters. The predicted molar refractivity (Wildman–Crippen MR) is 121 cm³/mol. The highest BCUT2D eigenvalue weighted by atomic mass is 16.2. The highest BCUT2D eigenvalue weighted by molar-refractivity contribution is 5.87. The van der Waals surface area contributed by atoms with Gasteiger partial charge in [0.1, 0.15) is 0 Å². The van der Waals surface area contributed by atoms with Gasteiger partial charge >= 0.3 is 0 Å². The molecule has 1 saturated heterocycles. The lowest BCUT2D eigenvalue weighted by molar-refractivity contribution is -0.123. The van der Waals surface area contributed by atoms with Crippen molar-refractivity contribution in [2.45, 2.75) is 25.9 Å². The van der Waals surface area contributed by atoms with Crippen molar-refractivity contribution >= 4 is 16.7 Å². The largest absolute Gasteiger partial charge is 0.348 e. The molecular weight excluding hydrogens is 372 g/mol. The first kappa shape index (κ1) is 20.5. The summed E-state index contributed by atoms with van der Waals surface area (Å²) in [7, 11) is 0. The van der Waals surface area contributed by atoms with Crippen molar-refractivity contribution < 1.29 is 4.79 Å². The SMILES string of the molecule is CC(NC(=O)CN1CCN(C(C)c2cccnc2)CC1)c1cccc2ccccc12. The first-order valence-corrected chi connectivity index (χ1v) is 10.7. The average Bonchev–Trinajstić information content (AvgIpc) is 2.79. The lowest BCUT2D eigenvalue weighted by atomic mass is 10.00. The number of hydrogen-bond donors (Lipinski definition) is 1. The Labute approximate surface area is 178 Å². The molecule has 1 N–H and O–H groups in total. The standard InChI is InChI=1S/C25H30N4O/c1-19(23-11-5-8-21-7-3-4-10-24(21)23)27-25(30)18-28-13-15-29(16-14-28)20(2)22-9-6-12-26-17-22/h3-12,17,19-20H,13-16,18H2,1-2H3,(H,27,30). The molecule has 1 fully saturated rings. The highest BCUT2D eigenvalue weighted by Gasteiger charge is 2.23. The second-order valence-electron chi connectivity index (χ2n) is 8.13. The van der Waals surface area contributed by atoms with E-state index >= 15 is 0 Å². The molecule has 1 amide bonds. The minimum Gasteiger partial charge on any atom is -0.348 e. The maximum atomic E-state index is 12.7. The Balaban J connectivity index is 1.30. The molecule has 156 valence electrons. The molecule has 1 aromatic heterocycles. The Kier molecular flexibility index (Phi) is 6.41. The molecule has 0 radical (unpaired) electrons. The van der Waals surface area contributed by atoms with Gasteiger partial charge in [-0.25, -0.2) is 0 Å². The number of nitrogens with one attached hydrogen (secondary N) is 1. The summed E-state index contributed by atoms with van der Waals surface area (Å²) in [5.74, 6) is 0.0872. The van der Waals surface area contributed by atoms with E-state index in [1.807, 2.05) is 30.6 Å². The summed E-state index contributed by atoms with van der Waals surface area (Å²) in [6.07, 6.45) is 3.76. The lowest BCUT2D eigenvalue weighted by Gasteiger charge is -2.38. The third-order valence-corrected chi connectivity index (χ3v) is 6.16. The number of carbonyl (C=O) groups is 1. The van der Waals surface area contributed by atoms with Gasteiger partial charge in [-0.15, -0.1) is 0 Å². The molecule has 1 aliphatic heterocycles. The number of hydrogen-bond acceptors (Lipinski definition) is 4. The number of aromatic nitrogens is 1. The zero-order valence-corrected chi connectivity index (χ0v) is 17.8. The summed E-state index contributed by atoms with van der Waals surface area (Å²) in [5.41, 5.74) is 2.41. The maximum Gasteiger partial charge on any atom is 0.234 e. The quantitative estimate of drug-likeness (QED) is 0.682. The van der Waals surface area contributed by atoms with Gasteiger partial charge < -0.3 is 5.32 Å². The van der Waals surface area contributed by atoms with Crippen LogP contribution in [0.1, 0.15) is 37.1 Å². The van der Waals surface area contributed by atoms with E-state index in [1.165, 1.54) is 16.3 Å². The number of fused-ring (bicyclic) bond motifs is 1. The van der Waals surface area contributed by atoms with Crippen molar-refractivity contribution in [3.8, 4) is 0 Å². The molecule has 30 heavy (non-hydrogen) atoms. The zero-order valence-electron chi connectivity index (χ0n) is 17.8. The van der Waals surface area contributed by atoms with Gasteiger partial charge in [0, 0.05) is 44.6 Å². The first-order valence-electron chi connectivity index (χ1n) is 10.7. The van der Waals surface area contributed by atoms with Crippen molar-refractivity contribution in [3.05, 3.63) is 78.1 Å². The topological polar surface area (TPSA) is 48.5 Å². The smallest absolute Gasteiger partial charge is 0.234 e. The molecular formula is C25H30N4O. The molecule has 5 heteroatoms. The van der Waals surface area contributed by atoms with Gasteiger partial charge in [0.2, 0.25) is 5.91 Å². The van der Waals surface area contributed by atoms with Crippen molar-refractivity contribution in [2.24, 2.45) is 0 Å². The van der Waals surface area contributed by atoms with Crippen LogP contribution in [0.3, 0.4) is 0 Å². The Morgan fingerprint density at radius 3 is 2.53 bits per heavy atom. The predicted octanol–water partition coefficient (Wildman–Crippen LogP) is 3.79. The van der Waals surface area contributed by atoms with E-state index in [9.17, 15) is 4.79 Å². The van der Waals surface area contributed by atoms with Crippen LogP contribution in [0.4, 0.5) is 0 Å². The minimum absolute atomic E-state index is 0.0181. The monoisotopic (exact) mass is 402 g/mol. The third-order valence-electron chi connectivity index (χ3n) is 6.16. The Morgan fingerprint density at radius 1 is 1.00 bits per heavy atom. The molecule has 0 aliphatic carbocycles. The van der Waals surface area contributed by atoms with Crippen LogP contribution in [0.5, 0.6) is 0 Å². The summed E-state index contributed by atoms with van der Waals surface area (Å²) in [6.45, 7) is 8.47. The molecule has 0 bridgehead atoms. The maximum absolute atomic E-state index is 12.7. The Bertz CT molecular complexity index is 977. The highest BCUT2D eigenvalue weighted by Crippen LogP contribution is 2.24. The Hall–Kier alpha value is -2.76. The number of piperazine rings is 1. The molecule has 1 aliphatic rings. The fraction of sp³-hybridized carbons (Fsp3) is 0.360. The van der Waals surface area contributed by atoms with Gasteiger partial charge in [0.15, 0.2) is 0 Å². The molecule has 3 aromatic rings. The van der Waals surface area contributed by atoms with Gasteiger partial charge in [0.25, 0.3) is 0 Å². The van der Waals surface area contributed by atoms with Gasteiger partial charge in [-0.05, 0) is 41.8 Å². The van der Waals surface area contributed by atoms with Crippen LogP contribution in [0.15, 0.2) is 67.0 Å². The van der Waals surface area contributed by atoms with Crippen LogP contribution in [0, 0.1) is 0 Å². The van der Waals surface area contributed by atoms with E-state index in [0.29, 0.717) is 12.6 Å². The number of amides is 1. The minimum atomic E-state index is -0.0181. The number of nitrogens with zero attached hydrogens (tertiary/aromatic N) is 3. The van der Waals surface area contributed by atoms with E-state index in [4.69, 9.17) is 0 Å². The van der Waals surface area contributed by atoms with Crippen LogP contribution < -0.4 is 5.32 Å². The Morgan fingerprint density at radius 2 is 1.77 bits per heavy atom. The fourth-order valence-electron chi connectivity index (χ4n) is 4.34. The van der Waals surface area contributed by atoms with Crippen LogP contribution >= 0.6 is 0 Å². The zero-order chi connectivity index (χ0) is 20.9. The molecule has 2 aromatic carbocycles. The summed E-state index contributed by atoms with van der Waals surface area (Å²) < 4.78 is 0. The number of rotatable bonds is 6. The van der Waals surface area contributed by atoms with Crippen molar-refractivity contribution in [1.29, 1.82) is 0 Å². The second kappa shape index (κ2) is 9.37.